The second kappa shape index (κ2) is 7.02. The normalized spacial score (nSPS) is 14.6. The minimum atomic E-state index is -0.198. The van der Waals surface area contributed by atoms with Crippen molar-refractivity contribution in [2.45, 2.75) is 40.1 Å². The molecule has 0 unspecified atom stereocenters. The Kier molecular flexibility index (Phi) is 5.05. The number of fused-ring (bicyclic) bond motifs is 1. The molecule has 1 aromatic heterocycles. The molecule has 4 nitrogen and oxygen atoms in total. The van der Waals surface area contributed by atoms with Gasteiger partial charge in [0.1, 0.15) is 0 Å². The maximum Gasteiger partial charge on any atom is 0.237 e. The Labute approximate surface area is 142 Å². The molecule has 1 atom stereocenters. The number of carbonyl (C=O) groups excluding carboxylic acids is 1. The standard InChI is InChI=1S/C15H17N3OS3/c1-9(21-15-18-17-14(20-2)22-15)13(19)16-12-7-6-10-4-3-5-11(10)8-12/h6-9H,3-5H2,1-2H3,(H,16,19)/t9-/m0/s1. The maximum absolute atomic E-state index is 12.3. The zero-order chi connectivity index (χ0) is 15.5. The van der Waals surface area contributed by atoms with Crippen LogP contribution in [-0.4, -0.2) is 27.6 Å². The molecule has 22 heavy (non-hydrogen) atoms. The van der Waals surface area contributed by atoms with E-state index in [1.165, 1.54) is 40.6 Å². The van der Waals surface area contributed by atoms with Gasteiger partial charge in [0.05, 0.1) is 5.25 Å². The molecule has 0 spiro atoms. The number of hydrogen-bond acceptors (Lipinski definition) is 6. The number of carbonyl (C=O) groups is 1. The van der Waals surface area contributed by atoms with Crippen LogP contribution in [0.2, 0.25) is 0 Å². The summed E-state index contributed by atoms with van der Waals surface area (Å²) < 4.78 is 1.76. The average molecular weight is 352 g/mol. The van der Waals surface area contributed by atoms with Gasteiger partial charge in [-0.2, -0.15) is 0 Å². The first-order chi connectivity index (χ1) is 10.7. The average Bonchev–Trinajstić information content (AvgIpc) is 3.15. The Hall–Kier alpha value is -1.05. The van der Waals surface area contributed by atoms with Crippen LogP contribution >= 0.6 is 34.9 Å². The number of benzene rings is 1. The first-order valence-electron chi connectivity index (χ1n) is 7.12. The molecule has 2 aromatic rings. The quantitative estimate of drug-likeness (QED) is 0.829. The van der Waals surface area contributed by atoms with E-state index in [1.54, 1.807) is 11.8 Å². The van der Waals surface area contributed by atoms with E-state index in [4.69, 9.17) is 0 Å². The predicted octanol–water partition coefficient (Wildman–Crippen LogP) is 3.87. The van der Waals surface area contributed by atoms with Crippen LogP contribution in [0.5, 0.6) is 0 Å². The molecular weight excluding hydrogens is 334 g/mol. The van der Waals surface area contributed by atoms with Crippen molar-refractivity contribution in [3.05, 3.63) is 29.3 Å². The summed E-state index contributed by atoms with van der Waals surface area (Å²) >= 11 is 4.55. The highest BCUT2D eigenvalue weighted by atomic mass is 32.2. The number of thioether (sulfide) groups is 2. The molecule has 1 aliphatic carbocycles. The zero-order valence-electron chi connectivity index (χ0n) is 12.5. The van der Waals surface area contributed by atoms with Gasteiger partial charge in [-0.1, -0.05) is 40.9 Å². The fourth-order valence-electron chi connectivity index (χ4n) is 2.43. The fourth-order valence-corrected chi connectivity index (χ4v) is 5.01. The second-order valence-electron chi connectivity index (χ2n) is 5.12. The summed E-state index contributed by atoms with van der Waals surface area (Å²) in [7, 11) is 0. The molecule has 1 aromatic carbocycles. The van der Waals surface area contributed by atoms with Gasteiger partial charge in [-0.25, -0.2) is 0 Å². The van der Waals surface area contributed by atoms with Crippen LogP contribution in [0.15, 0.2) is 26.9 Å². The third-order valence-electron chi connectivity index (χ3n) is 3.58. The van der Waals surface area contributed by atoms with Crippen LogP contribution < -0.4 is 5.32 Å². The van der Waals surface area contributed by atoms with Gasteiger partial charge in [-0.05, 0) is 55.7 Å². The highest BCUT2D eigenvalue weighted by Gasteiger charge is 2.18. The Bertz CT molecular complexity index is 686. The largest absolute Gasteiger partial charge is 0.325 e. The first-order valence-corrected chi connectivity index (χ1v) is 10.0. The molecule has 0 saturated carbocycles. The van der Waals surface area contributed by atoms with Gasteiger partial charge >= 0.3 is 0 Å². The van der Waals surface area contributed by atoms with Crippen molar-refractivity contribution in [3.8, 4) is 0 Å². The van der Waals surface area contributed by atoms with Crippen LogP contribution in [0.4, 0.5) is 5.69 Å². The summed E-state index contributed by atoms with van der Waals surface area (Å²) in [6.45, 7) is 1.90. The second-order valence-corrected chi connectivity index (χ2v) is 8.74. The lowest BCUT2D eigenvalue weighted by Gasteiger charge is -2.11. The van der Waals surface area contributed by atoms with Gasteiger partial charge < -0.3 is 5.32 Å². The van der Waals surface area contributed by atoms with Crippen LogP contribution in [0.3, 0.4) is 0 Å². The number of nitrogens with one attached hydrogen (secondary N) is 1. The summed E-state index contributed by atoms with van der Waals surface area (Å²) in [6, 6.07) is 6.23. The summed E-state index contributed by atoms with van der Waals surface area (Å²) in [6.07, 6.45) is 5.46. The van der Waals surface area contributed by atoms with Crippen LogP contribution in [0.1, 0.15) is 24.5 Å². The van der Waals surface area contributed by atoms with E-state index in [1.807, 2.05) is 19.2 Å². The molecule has 116 valence electrons. The van der Waals surface area contributed by atoms with Crippen LogP contribution in [0, 0.1) is 0 Å². The maximum atomic E-state index is 12.3. The van der Waals surface area contributed by atoms with E-state index in [2.05, 4.69) is 27.6 Å². The van der Waals surface area contributed by atoms with Gasteiger partial charge in [-0.3, -0.25) is 4.79 Å². The van der Waals surface area contributed by atoms with E-state index in [-0.39, 0.29) is 11.2 Å². The van der Waals surface area contributed by atoms with E-state index in [0.717, 1.165) is 27.2 Å². The molecule has 0 fully saturated rings. The third kappa shape index (κ3) is 3.64. The SMILES string of the molecule is CSc1nnc(S[C@@H](C)C(=O)Nc2ccc3c(c2)CCC3)s1. The van der Waals surface area contributed by atoms with E-state index in [9.17, 15) is 4.79 Å². The Balaban J connectivity index is 1.61. The fraction of sp³-hybridized carbons (Fsp3) is 0.400. The number of aryl methyl sites for hydroxylation is 2. The number of rotatable bonds is 5. The molecule has 1 N–H and O–H groups in total. The molecule has 0 bridgehead atoms. The zero-order valence-corrected chi connectivity index (χ0v) is 14.9. The lowest BCUT2D eigenvalue weighted by Crippen LogP contribution is -2.22. The van der Waals surface area contributed by atoms with Gasteiger partial charge in [-0.15, -0.1) is 10.2 Å². The number of anilines is 1. The monoisotopic (exact) mass is 351 g/mol. The van der Waals surface area contributed by atoms with Crippen molar-refractivity contribution in [1.82, 2.24) is 10.2 Å². The molecular formula is C15H17N3OS3. The van der Waals surface area contributed by atoms with Crippen molar-refractivity contribution < 1.29 is 4.79 Å². The Morgan fingerprint density at radius 3 is 2.82 bits per heavy atom. The Morgan fingerprint density at radius 1 is 1.27 bits per heavy atom. The first kappa shape index (κ1) is 15.8. The van der Waals surface area contributed by atoms with Crippen molar-refractivity contribution in [2.24, 2.45) is 0 Å². The highest BCUT2D eigenvalue weighted by molar-refractivity contribution is 8.03. The molecule has 0 radical (unpaired) electrons. The molecule has 0 aliphatic heterocycles. The number of aromatic nitrogens is 2. The predicted molar refractivity (Wildman–Crippen MR) is 94.1 cm³/mol. The van der Waals surface area contributed by atoms with Crippen molar-refractivity contribution in [3.63, 3.8) is 0 Å². The van der Waals surface area contributed by atoms with Gasteiger partial charge in [0.2, 0.25) is 5.91 Å². The summed E-state index contributed by atoms with van der Waals surface area (Å²) in [5, 5.41) is 10.9. The lowest BCUT2D eigenvalue weighted by atomic mass is 10.1. The van der Waals surface area contributed by atoms with E-state index >= 15 is 0 Å². The number of hydrogen-bond donors (Lipinski definition) is 1. The summed E-state index contributed by atoms with van der Waals surface area (Å²) in [4.78, 5) is 12.3. The van der Waals surface area contributed by atoms with E-state index < -0.39 is 0 Å². The van der Waals surface area contributed by atoms with Crippen LogP contribution in [-0.2, 0) is 17.6 Å². The molecule has 1 aliphatic rings. The number of amides is 1. The topological polar surface area (TPSA) is 54.9 Å². The van der Waals surface area contributed by atoms with Crippen molar-refractivity contribution >= 4 is 46.5 Å². The molecule has 7 heteroatoms. The minimum Gasteiger partial charge on any atom is -0.325 e. The highest BCUT2D eigenvalue weighted by Crippen LogP contribution is 2.31. The van der Waals surface area contributed by atoms with Crippen LogP contribution in [0.25, 0.3) is 0 Å². The summed E-state index contributed by atoms with van der Waals surface area (Å²) in [5.74, 6) is 0.00356. The molecule has 1 amide bonds. The van der Waals surface area contributed by atoms with Crippen molar-refractivity contribution in [1.29, 1.82) is 0 Å². The van der Waals surface area contributed by atoms with Gasteiger partial charge in [0, 0.05) is 5.69 Å². The smallest absolute Gasteiger partial charge is 0.237 e. The minimum absolute atomic E-state index is 0.00356. The third-order valence-corrected chi connectivity index (χ3v) is 6.66. The molecule has 3 rings (SSSR count). The molecule has 0 saturated heterocycles. The lowest BCUT2D eigenvalue weighted by molar-refractivity contribution is -0.115. The van der Waals surface area contributed by atoms with E-state index in [0.29, 0.717) is 0 Å². The summed E-state index contributed by atoms with van der Waals surface area (Å²) in [5.41, 5.74) is 3.67. The van der Waals surface area contributed by atoms with Gasteiger partial charge in [0.15, 0.2) is 8.68 Å². The van der Waals surface area contributed by atoms with Gasteiger partial charge in [0.25, 0.3) is 0 Å². The number of nitrogens with zero attached hydrogens (tertiary/aromatic N) is 2. The van der Waals surface area contributed by atoms with Crippen molar-refractivity contribution in [2.75, 3.05) is 11.6 Å². The Morgan fingerprint density at radius 2 is 2.05 bits per heavy atom. The molecule has 1 heterocycles.